The fraction of sp³-hybridized carbons (Fsp3) is 0.364. The highest BCUT2D eigenvalue weighted by Gasteiger charge is 2.22. The first-order valence-corrected chi connectivity index (χ1v) is 10.00. The van der Waals surface area contributed by atoms with E-state index in [9.17, 15) is 0 Å². The Morgan fingerprint density at radius 3 is 1.61 bits per heavy atom. The van der Waals surface area contributed by atoms with E-state index in [1.807, 2.05) is 0 Å². The number of hydrogen-bond acceptors (Lipinski definition) is 0. The molecule has 0 saturated carbocycles. The maximum absolute atomic E-state index is 2.41. The number of benzene rings is 2. The van der Waals surface area contributed by atoms with E-state index in [2.05, 4.69) is 96.1 Å². The van der Waals surface area contributed by atoms with Crippen LogP contribution >= 0.6 is 7.92 Å². The fourth-order valence-corrected chi connectivity index (χ4v) is 6.06. The largest absolute Gasteiger partial charge is 0.0694 e. The molecule has 0 radical (unpaired) electrons. The van der Waals surface area contributed by atoms with Gasteiger partial charge >= 0.3 is 0 Å². The van der Waals surface area contributed by atoms with Gasteiger partial charge in [0.1, 0.15) is 0 Å². The smallest absolute Gasteiger partial charge is 0.0157 e. The minimum absolute atomic E-state index is 0.198. The fourth-order valence-electron chi connectivity index (χ4n) is 3.00. The lowest BCUT2D eigenvalue weighted by atomic mass is 10.1. The summed E-state index contributed by atoms with van der Waals surface area (Å²) in [7, 11) is -0.198. The third-order valence-electron chi connectivity index (χ3n) is 4.12. The summed E-state index contributed by atoms with van der Waals surface area (Å²) in [4.78, 5) is 0. The summed E-state index contributed by atoms with van der Waals surface area (Å²) >= 11 is 0. The molecule has 0 aliphatic heterocycles. The summed E-state index contributed by atoms with van der Waals surface area (Å²) in [5.41, 5.74) is 6.69. The molecule has 0 aromatic heterocycles. The maximum atomic E-state index is 2.41. The summed E-state index contributed by atoms with van der Waals surface area (Å²) in [5.74, 6) is 0. The van der Waals surface area contributed by atoms with Crippen molar-refractivity contribution in [3.63, 3.8) is 0 Å². The second-order valence-corrected chi connectivity index (χ2v) is 10.3. The van der Waals surface area contributed by atoms with Gasteiger partial charge in [0.25, 0.3) is 0 Å². The molecule has 0 aliphatic carbocycles. The van der Waals surface area contributed by atoms with Gasteiger partial charge in [-0.1, -0.05) is 95.3 Å². The van der Waals surface area contributed by atoms with Crippen molar-refractivity contribution in [3.05, 3.63) is 70.8 Å². The highest BCUT2D eigenvalue weighted by Crippen LogP contribution is 2.58. The van der Waals surface area contributed by atoms with Gasteiger partial charge in [-0.3, -0.25) is 0 Å². The zero-order valence-electron chi connectivity index (χ0n) is 15.3. The van der Waals surface area contributed by atoms with Gasteiger partial charge in [0.05, 0.1) is 0 Å². The molecular weight excluding hydrogens is 295 g/mol. The zero-order chi connectivity index (χ0) is 17.0. The number of rotatable bonds is 5. The predicted molar refractivity (Wildman–Crippen MR) is 107 cm³/mol. The average molecular weight is 324 g/mol. The van der Waals surface area contributed by atoms with Crippen molar-refractivity contribution < 1.29 is 0 Å². The van der Waals surface area contributed by atoms with Gasteiger partial charge in [0, 0.05) is 0 Å². The quantitative estimate of drug-likeness (QED) is 0.406. The third kappa shape index (κ3) is 4.79. The van der Waals surface area contributed by atoms with E-state index in [0.717, 1.165) is 0 Å². The van der Waals surface area contributed by atoms with E-state index < -0.39 is 0 Å². The van der Waals surface area contributed by atoms with Crippen molar-refractivity contribution in [3.8, 4) is 0 Å². The molecule has 122 valence electrons. The molecule has 0 heterocycles. The second-order valence-electron chi connectivity index (χ2n) is 6.90. The van der Waals surface area contributed by atoms with Crippen LogP contribution in [-0.4, -0.2) is 11.3 Å². The van der Waals surface area contributed by atoms with Gasteiger partial charge in [-0.05, 0) is 47.7 Å². The lowest BCUT2D eigenvalue weighted by Gasteiger charge is -2.29. The van der Waals surface area contributed by atoms with Gasteiger partial charge in [-0.25, -0.2) is 0 Å². The Bertz CT molecular complexity index is 637. The number of aryl methyl sites for hydroxylation is 2. The first-order chi connectivity index (χ1) is 10.9. The van der Waals surface area contributed by atoms with Gasteiger partial charge < -0.3 is 0 Å². The molecule has 2 aromatic rings. The summed E-state index contributed by atoms with van der Waals surface area (Å²) in [6.07, 6.45) is 2.41. The molecule has 0 unspecified atom stereocenters. The maximum Gasteiger partial charge on any atom is -0.0157 e. The van der Waals surface area contributed by atoms with Crippen LogP contribution in [0, 0.1) is 13.8 Å². The molecule has 0 spiro atoms. The lowest BCUT2D eigenvalue weighted by Crippen LogP contribution is -2.05. The van der Waals surface area contributed by atoms with Crippen LogP contribution in [0.25, 0.3) is 11.4 Å². The second kappa shape index (κ2) is 7.93. The van der Waals surface area contributed by atoms with E-state index in [0.29, 0.717) is 11.3 Å². The standard InChI is InChI=1S/C22H29P/c1-16(2)23(17(3)4)22(21-13-9-19(6)10-14-21)15-20-11-7-18(5)8-12-20/h7-17H,1-6H3. The SMILES string of the molecule is Cc1ccc(C=C(c2ccc(C)cc2)P(C(C)C)C(C)C)cc1. The predicted octanol–water partition coefficient (Wildman–Crippen LogP) is 7.10. The lowest BCUT2D eigenvalue weighted by molar-refractivity contribution is 1.02. The van der Waals surface area contributed by atoms with Crippen molar-refractivity contribution in [1.29, 1.82) is 0 Å². The summed E-state index contributed by atoms with van der Waals surface area (Å²) in [6, 6.07) is 17.9. The van der Waals surface area contributed by atoms with E-state index >= 15 is 0 Å². The molecule has 0 bridgehead atoms. The molecule has 2 aromatic carbocycles. The van der Waals surface area contributed by atoms with Crippen LogP contribution in [0.1, 0.15) is 49.9 Å². The Morgan fingerprint density at radius 2 is 1.17 bits per heavy atom. The molecule has 1 heteroatoms. The monoisotopic (exact) mass is 324 g/mol. The first-order valence-electron chi connectivity index (χ1n) is 8.52. The first kappa shape index (κ1) is 18.0. The van der Waals surface area contributed by atoms with Crippen LogP contribution < -0.4 is 0 Å². The summed E-state index contributed by atoms with van der Waals surface area (Å²) < 4.78 is 0. The van der Waals surface area contributed by atoms with Crippen LogP contribution in [0.5, 0.6) is 0 Å². The third-order valence-corrected chi connectivity index (χ3v) is 7.29. The van der Waals surface area contributed by atoms with Crippen LogP contribution in [0.3, 0.4) is 0 Å². The van der Waals surface area contributed by atoms with E-state index in [4.69, 9.17) is 0 Å². The normalized spacial score (nSPS) is 12.5. The number of hydrogen-bond donors (Lipinski definition) is 0. The van der Waals surface area contributed by atoms with Gasteiger partial charge in [0.2, 0.25) is 0 Å². The average Bonchev–Trinajstić information content (AvgIpc) is 2.49. The molecule has 0 aliphatic rings. The molecule has 0 fully saturated rings. The molecule has 0 N–H and O–H groups in total. The van der Waals surface area contributed by atoms with Crippen LogP contribution in [-0.2, 0) is 0 Å². The zero-order valence-corrected chi connectivity index (χ0v) is 16.2. The van der Waals surface area contributed by atoms with E-state index in [1.165, 1.54) is 27.6 Å². The van der Waals surface area contributed by atoms with Gasteiger partial charge in [0.15, 0.2) is 0 Å². The molecule has 0 amide bonds. The van der Waals surface area contributed by atoms with E-state index in [1.54, 1.807) is 0 Å². The minimum Gasteiger partial charge on any atom is -0.0694 e. The Morgan fingerprint density at radius 1 is 0.739 bits per heavy atom. The molecule has 2 rings (SSSR count). The molecule has 0 atom stereocenters. The van der Waals surface area contributed by atoms with E-state index in [-0.39, 0.29) is 7.92 Å². The van der Waals surface area contributed by atoms with Crippen molar-refractivity contribution in [2.75, 3.05) is 0 Å². The Hall–Kier alpha value is -1.39. The van der Waals surface area contributed by atoms with Crippen LogP contribution in [0.15, 0.2) is 48.5 Å². The summed E-state index contributed by atoms with van der Waals surface area (Å²) in [6.45, 7) is 13.8. The summed E-state index contributed by atoms with van der Waals surface area (Å²) in [5, 5.41) is 1.52. The molecular formula is C22H29P. The Kier molecular flexibility index (Phi) is 6.19. The highest BCUT2D eigenvalue weighted by atomic mass is 31.1. The van der Waals surface area contributed by atoms with Crippen molar-refractivity contribution in [2.24, 2.45) is 0 Å². The minimum atomic E-state index is -0.198. The van der Waals surface area contributed by atoms with Crippen LogP contribution in [0.2, 0.25) is 0 Å². The van der Waals surface area contributed by atoms with Crippen molar-refractivity contribution >= 4 is 19.3 Å². The molecule has 23 heavy (non-hydrogen) atoms. The van der Waals surface area contributed by atoms with Gasteiger partial charge in [-0.2, -0.15) is 0 Å². The van der Waals surface area contributed by atoms with Gasteiger partial charge in [-0.15, -0.1) is 0 Å². The highest BCUT2D eigenvalue weighted by molar-refractivity contribution is 7.70. The Labute approximate surface area is 143 Å². The van der Waals surface area contributed by atoms with Crippen LogP contribution in [0.4, 0.5) is 0 Å². The topological polar surface area (TPSA) is 0 Å². The van der Waals surface area contributed by atoms with Crippen molar-refractivity contribution in [1.82, 2.24) is 0 Å². The molecule has 0 nitrogen and oxygen atoms in total. The molecule has 0 saturated heterocycles. The Balaban J connectivity index is 2.54. The van der Waals surface area contributed by atoms with Crippen molar-refractivity contribution in [2.45, 2.75) is 52.9 Å².